The molecule has 0 bridgehead atoms. The topological polar surface area (TPSA) is 111 Å². The molecule has 0 spiro atoms. The second-order valence-corrected chi connectivity index (χ2v) is 17.4. The molecule has 0 saturated carbocycles. The van der Waals surface area contributed by atoms with E-state index in [4.69, 9.17) is 18.5 Å². The summed E-state index contributed by atoms with van der Waals surface area (Å²) in [6.07, 6.45) is 59.7. The Morgan fingerprint density at radius 1 is 0.516 bits per heavy atom. The number of carbonyl (C=O) groups is 2. The van der Waals surface area contributed by atoms with Gasteiger partial charge in [0.05, 0.1) is 34.2 Å². The molecule has 0 aromatic rings. The van der Waals surface area contributed by atoms with Crippen LogP contribution in [-0.4, -0.2) is 70.0 Å². The molecule has 0 aliphatic rings. The zero-order valence-corrected chi connectivity index (χ0v) is 40.1. The van der Waals surface area contributed by atoms with E-state index in [1.54, 1.807) is 6.08 Å². The molecule has 0 fully saturated rings. The SMILES string of the molecule is CC/C=C\C/C=C\C/C=C\C/C=C\C/C=C\CCCCCCCCCC(=O)OC(COC(=O)C/C=C\C/C=C\C/C=C\C/C=C\C/C=C\CC)COP(=O)([O-])OCC[N+](C)(C)C. The number of ether oxygens (including phenoxy) is 2. The zero-order valence-electron chi connectivity index (χ0n) is 39.3. The van der Waals surface area contributed by atoms with Gasteiger partial charge in [-0.3, -0.25) is 14.2 Å². The summed E-state index contributed by atoms with van der Waals surface area (Å²) in [4.78, 5) is 37.5. The van der Waals surface area contributed by atoms with Gasteiger partial charge < -0.3 is 27.9 Å². The van der Waals surface area contributed by atoms with Gasteiger partial charge in [0, 0.05) is 6.42 Å². The third-order valence-corrected chi connectivity index (χ3v) is 9.97. The summed E-state index contributed by atoms with van der Waals surface area (Å²) in [6.45, 7) is 3.84. The first-order valence-electron chi connectivity index (χ1n) is 23.2. The highest BCUT2D eigenvalue weighted by atomic mass is 31.2. The number of hydrogen-bond acceptors (Lipinski definition) is 8. The Morgan fingerprint density at radius 3 is 1.37 bits per heavy atom. The summed E-state index contributed by atoms with van der Waals surface area (Å²) >= 11 is 0. The maximum atomic E-state index is 12.7. The maximum Gasteiger partial charge on any atom is 0.309 e. The van der Waals surface area contributed by atoms with Crippen molar-refractivity contribution in [2.24, 2.45) is 0 Å². The van der Waals surface area contributed by atoms with Gasteiger partial charge in [-0.15, -0.1) is 0 Å². The number of likely N-dealkylation sites (N-methyl/N-ethyl adjacent to an activating group) is 1. The number of unbranched alkanes of at least 4 members (excludes halogenated alkanes) is 7. The summed E-state index contributed by atoms with van der Waals surface area (Å²) < 4.78 is 33.8. The van der Waals surface area contributed by atoms with Crippen LogP contribution in [0.25, 0.3) is 0 Å². The zero-order chi connectivity index (χ0) is 45.7. The average molecular weight is 882 g/mol. The Kier molecular flexibility index (Phi) is 40.2. The minimum absolute atomic E-state index is 0.0344. The first-order chi connectivity index (χ1) is 30.0. The molecule has 0 rings (SSSR count). The molecule has 0 amide bonds. The van der Waals surface area contributed by atoms with Crippen LogP contribution in [0, 0.1) is 0 Å². The Labute approximate surface area is 378 Å². The van der Waals surface area contributed by atoms with Gasteiger partial charge in [-0.05, 0) is 83.5 Å². The van der Waals surface area contributed by atoms with Crippen LogP contribution in [0.15, 0.2) is 122 Å². The van der Waals surface area contributed by atoms with Crippen molar-refractivity contribution in [1.29, 1.82) is 0 Å². The molecule has 2 unspecified atom stereocenters. The van der Waals surface area contributed by atoms with Crippen LogP contribution in [0.1, 0.15) is 142 Å². The molecule has 2 atom stereocenters. The highest BCUT2D eigenvalue weighted by Crippen LogP contribution is 2.38. The average Bonchev–Trinajstić information content (AvgIpc) is 3.23. The number of phosphoric ester groups is 1. The van der Waals surface area contributed by atoms with Crippen molar-refractivity contribution in [3.05, 3.63) is 122 Å². The van der Waals surface area contributed by atoms with Gasteiger partial charge >= 0.3 is 11.9 Å². The van der Waals surface area contributed by atoms with Crippen molar-refractivity contribution in [2.45, 2.75) is 148 Å². The van der Waals surface area contributed by atoms with Crippen molar-refractivity contribution in [1.82, 2.24) is 0 Å². The number of allylic oxidation sites excluding steroid dienone is 19. The lowest BCUT2D eigenvalue weighted by Crippen LogP contribution is -2.37. The van der Waals surface area contributed by atoms with Gasteiger partial charge in [0.15, 0.2) is 6.10 Å². The molecular weight excluding hydrogens is 798 g/mol. The number of esters is 2. The minimum Gasteiger partial charge on any atom is -0.756 e. The molecule has 62 heavy (non-hydrogen) atoms. The highest BCUT2D eigenvalue weighted by molar-refractivity contribution is 7.45. The van der Waals surface area contributed by atoms with Crippen LogP contribution in [0.2, 0.25) is 0 Å². The van der Waals surface area contributed by atoms with Gasteiger partial charge in [-0.1, -0.05) is 167 Å². The number of nitrogens with zero attached hydrogens (tertiary/aromatic N) is 1. The number of carbonyl (C=O) groups excluding carboxylic acids is 2. The van der Waals surface area contributed by atoms with Crippen molar-refractivity contribution in [2.75, 3.05) is 47.5 Å². The summed E-state index contributed by atoms with van der Waals surface area (Å²) in [5.41, 5.74) is 0. The van der Waals surface area contributed by atoms with Crippen molar-refractivity contribution in [3.63, 3.8) is 0 Å². The van der Waals surface area contributed by atoms with Crippen molar-refractivity contribution >= 4 is 19.8 Å². The quantitative estimate of drug-likeness (QED) is 0.0197. The molecule has 0 saturated heterocycles. The molecule has 350 valence electrons. The molecule has 0 aliphatic heterocycles. The molecule has 0 heterocycles. The fourth-order valence-electron chi connectivity index (χ4n) is 5.46. The van der Waals surface area contributed by atoms with Crippen LogP contribution in [-0.2, 0) is 32.7 Å². The smallest absolute Gasteiger partial charge is 0.309 e. The lowest BCUT2D eigenvalue weighted by atomic mass is 10.1. The van der Waals surface area contributed by atoms with Crippen LogP contribution >= 0.6 is 7.82 Å². The predicted octanol–water partition coefficient (Wildman–Crippen LogP) is 13.1. The fourth-order valence-corrected chi connectivity index (χ4v) is 6.19. The third-order valence-electron chi connectivity index (χ3n) is 9.01. The number of phosphoric acid groups is 1. The molecular formula is C52H84NO8P. The van der Waals surface area contributed by atoms with Gasteiger partial charge in [-0.2, -0.15) is 0 Å². The molecule has 0 radical (unpaired) electrons. The lowest BCUT2D eigenvalue weighted by Gasteiger charge is -2.28. The van der Waals surface area contributed by atoms with Gasteiger partial charge in [0.25, 0.3) is 7.82 Å². The molecule has 0 aromatic heterocycles. The molecule has 0 N–H and O–H groups in total. The van der Waals surface area contributed by atoms with Crippen molar-refractivity contribution in [3.8, 4) is 0 Å². The number of hydrogen-bond donors (Lipinski definition) is 0. The Morgan fingerprint density at radius 2 is 0.919 bits per heavy atom. The van der Waals surface area contributed by atoms with Gasteiger partial charge in [0.2, 0.25) is 0 Å². The monoisotopic (exact) mass is 882 g/mol. The van der Waals surface area contributed by atoms with Crippen LogP contribution in [0.5, 0.6) is 0 Å². The van der Waals surface area contributed by atoms with Gasteiger partial charge in [-0.25, -0.2) is 0 Å². The van der Waals surface area contributed by atoms with E-state index in [0.717, 1.165) is 89.9 Å². The van der Waals surface area contributed by atoms with E-state index in [9.17, 15) is 19.0 Å². The highest BCUT2D eigenvalue weighted by Gasteiger charge is 2.21. The van der Waals surface area contributed by atoms with E-state index in [2.05, 4.69) is 117 Å². The lowest BCUT2D eigenvalue weighted by molar-refractivity contribution is -0.870. The second-order valence-electron chi connectivity index (χ2n) is 16.0. The van der Waals surface area contributed by atoms with Gasteiger partial charge in [0.1, 0.15) is 19.8 Å². The summed E-state index contributed by atoms with van der Waals surface area (Å²) in [5.74, 6) is -1.01. The normalized spacial score (nSPS) is 14.6. The van der Waals surface area contributed by atoms with Crippen molar-refractivity contribution < 1.29 is 42.1 Å². The van der Waals surface area contributed by atoms with E-state index >= 15 is 0 Å². The largest absolute Gasteiger partial charge is 0.756 e. The standard InChI is InChI=1S/C52H84NO8P/c1-6-8-10-12-14-16-18-20-22-23-24-25-26-27-28-29-31-33-35-37-39-41-43-45-52(55)61-50(49-60-62(56,57)59-47-46-53(3,4)5)48-58-51(54)44-42-40-38-36-34-32-30-21-19-17-15-13-11-9-7-2/h8-11,14-17,20-22,24-25,27-28,30,34,36,40,42,50H,6-7,12-13,18-19,23,26,29,31-33,35,37-39,41,43-49H2,1-5H3/b10-8-,11-9-,16-14-,17-15-,22-20-,25-24-,28-27-,30-21-,36-34-,42-40-. The Balaban J connectivity index is 4.45. The second kappa shape index (κ2) is 42.7. The number of rotatable bonds is 40. The molecule has 0 aliphatic carbocycles. The Bertz CT molecular complexity index is 1460. The first-order valence-corrected chi connectivity index (χ1v) is 24.7. The molecule has 9 nitrogen and oxygen atoms in total. The summed E-state index contributed by atoms with van der Waals surface area (Å²) in [5, 5.41) is 0. The van der Waals surface area contributed by atoms with Crippen LogP contribution in [0.3, 0.4) is 0 Å². The first kappa shape index (κ1) is 58.4. The van der Waals surface area contributed by atoms with E-state index in [-0.39, 0.29) is 26.1 Å². The molecule has 0 aromatic carbocycles. The van der Waals surface area contributed by atoms with E-state index in [1.165, 1.54) is 12.8 Å². The number of quaternary nitrogens is 1. The minimum atomic E-state index is -4.66. The predicted molar refractivity (Wildman–Crippen MR) is 258 cm³/mol. The third kappa shape index (κ3) is 45.9. The van der Waals surface area contributed by atoms with Crippen LogP contribution in [0.4, 0.5) is 0 Å². The van der Waals surface area contributed by atoms with E-state index in [1.807, 2.05) is 33.3 Å². The summed E-state index contributed by atoms with van der Waals surface area (Å²) in [7, 11) is 1.09. The Hall–Kier alpha value is -3.59. The summed E-state index contributed by atoms with van der Waals surface area (Å²) in [6, 6.07) is 0. The fraction of sp³-hybridized carbons (Fsp3) is 0.577. The van der Waals surface area contributed by atoms with E-state index in [0.29, 0.717) is 23.9 Å². The maximum absolute atomic E-state index is 12.7. The van der Waals surface area contributed by atoms with Crippen LogP contribution < -0.4 is 4.89 Å². The molecule has 10 heteroatoms. The van der Waals surface area contributed by atoms with E-state index < -0.39 is 32.5 Å².